The standard InChI is InChI=1S/C22H19F3N2O3S/c1-12-6-4-5-7-17(12)27-19(28)14(3)30-21(29)18-13(2)26-20(31-18)15-8-10-16(11-9-15)22(23,24)25/h4-11,14H,1-3H3,(H,27,28). The van der Waals surface area contributed by atoms with E-state index >= 15 is 0 Å². The number of alkyl halides is 3. The summed E-state index contributed by atoms with van der Waals surface area (Å²) in [7, 11) is 0. The van der Waals surface area contributed by atoms with Gasteiger partial charge in [-0.3, -0.25) is 4.79 Å². The lowest BCUT2D eigenvalue weighted by molar-refractivity contribution is -0.137. The van der Waals surface area contributed by atoms with Gasteiger partial charge in [0.05, 0.1) is 11.3 Å². The normalized spacial score (nSPS) is 12.3. The number of carbonyl (C=O) groups is 2. The highest BCUT2D eigenvalue weighted by atomic mass is 32.1. The number of para-hydroxylation sites is 1. The number of benzene rings is 2. The third kappa shape index (κ3) is 5.29. The van der Waals surface area contributed by atoms with Crippen LogP contribution in [0.4, 0.5) is 18.9 Å². The topological polar surface area (TPSA) is 68.3 Å². The monoisotopic (exact) mass is 448 g/mol. The van der Waals surface area contributed by atoms with Crippen LogP contribution in [0, 0.1) is 13.8 Å². The van der Waals surface area contributed by atoms with Crippen LogP contribution in [0.25, 0.3) is 10.6 Å². The van der Waals surface area contributed by atoms with Crippen LogP contribution in [0.1, 0.15) is 33.4 Å². The molecule has 0 radical (unpaired) electrons. The van der Waals surface area contributed by atoms with Gasteiger partial charge in [0.25, 0.3) is 5.91 Å². The predicted octanol–water partition coefficient (Wildman–Crippen LogP) is 5.63. The number of esters is 1. The van der Waals surface area contributed by atoms with E-state index in [4.69, 9.17) is 4.74 Å². The molecule has 1 unspecified atom stereocenters. The van der Waals surface area contributed by atoms with Crippen molar-refractivity contribution in [3.63, 3.8) is 0 Å². The Hall–Kier alpha value is -3.20. The highest BCUT2D eigenvalue weighted by Crippen LogP contribution is 2.33. The molecule has 1 N–H and O–H groups in total. The van der Waals surface area contributed by atoms with Crippen molar-refractivity contribution in [2.45, 2.75) is 33.1 Å². The minimum Gasteiger partial charge on any atom is -0.448 e. The Morgan fingerprint density at radius 1 is 1.06 bits per heavy atom. The Bertz CT molecular complexity index is 1110. The summed E-state index contributed by atoms with van der Waals surface area (Å²) < 4.78 is 43.5. The molecule has 0 aliphatic carbocycles. The molecule has 0 saturated carbocycles. The second kappa shape index (κ2) is 8.89. The first-order valence-corrected chi connectivity index (χ1v) is 10.1. The molecule has 31 heavy (non-hydrogen) atoms. The number of rotatable bonds is 5. The fourth-order valence-electron chi connectivity index (χ4n) is 2.73. The van der Waals surface area contributed by atoms with Crippen LogP contribution < -0.4 is 5.32 Å². The van der Waals surface area contributed by atoms with Crippen LogP contribution >= 0.6 is 11.3 Å². The van der Waals surface area contributed by atoms with Gasteiger partial charge in [-0.2, -0.15) is 13.2 Å². The molecule has 1 heterocycles. The SMILES string of the molecule is Cc1ccccc1NC(=O)C(C)OC(=O)c1sc(-c2ccc(C(F)(F)F)cc2)nc1C. The minimum absolute atomic E-state index is 0.186. The average molecular weight is 448 g/mol. The van der Waals surface area contributed by atoms with E-state index in [1.54, 1.807) is 19.1 Å². The molecule has 0 spiro atoms. The maximum Gasteiger partial charge on any atom is 0.416 e. The largest absolute Gasteiger partial charge is 0.448 e. The number of aromatic nitrogens is 1. The molecule has 0 aliphatic rings. The van der Waals surface area contributed by atoms with Crippen molar-refractivity contribution in [3.05, 3.63) is 70.2 Å². The van der Waals surface area contributed by atoms with Gasteiger partial charge in [0, 0.05) is 11.3 Å². The van der Waals surface area contributed by atoms with Gasteiger partial charge in [0.15, 0.2) is 6.10 Å². The number of hydrogen-bond donors (Lipinski definition) is 1. The van der Waals surface area contributed by atoms with Crippen molar-refractivity contribution in [1.29, 1.82) is 0 Å². The first-order chi connectivity index (χ1) is 14.6. The number of amides is 1. The summed E-state index contributed by atoms with van der Waals surface area (Å²) in [4.78, 5) is 29.4. The number of nitrogens with one attached hydrogen (secondary N) is 1. The van der Waals surface area contributed by atoms with Crippen molar-refractivity contribution in [2.75, 3.05) is 5.32 Å². The van der Waals surface area contributed by atoms with Crippen LogP contribution in [0.2, 0.25) is 0 Å². The Morgan fingerprint density at radius 3 is 2.32 bits per heavy atom. The molecule has 3 aromatic rings. The number of aryl methyl sites for hydroxylation is 2. The van der Waals surface area contributed by atoms with Gasteiger partial charge in [-0.25, -0.2) is 9.78 Å². The molecular formula is C22H19F3N2O3S. The highest BCUT2D eigenvalue weighted by molar-refractivity contribution is 7.17. The summed E-state index contributed by atoms with van der Waals surface area (Å²) in [5.41, 5.74) is 1.54. The van der Waals surface area contributed by atoms with Crippen molar-refractivity contribution in [3.8, 4) is 10.6 Å². The zero-order chi connectivity index (χ0) is 22.8. The van der Waals surface area contributed by atoms with Crippen LogP contribution in [0.3, 0.4) is 0 Å². The summed E-state index contributed by atoms with van der Waals surface area (Å²) in [6.07, 6.45) is -5.48. The van der Waals surface area contributed by atoms with E-state index in [9.17, 15) is 22.8 Å². The number of nitrogens with zero attached hydrogens (tertiary/aromatic N) is 1. The van der Waals surface area contributed by atoms with Gasteiger partial charge in [-0.15, -0.1) is 11.3 Å². The molecule has 1 atom stereocenters. The van der Waals surface area contributed by atoms with E-state index in [1.807, 2.05) is 19.1 Å². The van der Waals surface area contributed by atoms with Gasteiger partial charge in [-0.1, -0.05) is 30.3 Å². The zero-order valence-electron chi connectivity index (χ0n) is 16.9. The second-order valence-corrected chi connectivity index (χ2v) is 7.86. The lowest BCUT2D eigenvalue weighted by Gasteiger charge is -2.14. The van der Waals surface area contributed by atoms with Gasteiger partial charge in [0.2, 0.25) is 0 Å². The number of thiazole rings is 1. The molecule has 1 amide bonds. The number of hydrogen-bond acceptors (Lipinski definition) is 5. The molecule has 0 bridgehead atoms. The lowest BCUT2D eigenvalue weighted by Crippen LogP contribution is -2.30. The molecular weight excluding hydrogens is 429 g/mol. The van der Waals surface area contributed by atoms with Gasteiger partial charge >= 0.3 is 12.1 Å². The van der Waals surface area contributed by atoms with Gasteiger partial charge < -0.3 is 10.1 Å². The predicted molar refractivity (Wildman–Crippen MR) is 112 cm³/mol. The number of carbonyl (C=O) groups excluding carboxylic acids is 2. The van der Waals surface area contributed by atoms with Gasteiger partial charge in [-0.05, 0) is 44.5 Å². The lowest BCUT2D eigenvalue weighted by atomic mass is 10.1. The quantitative estimate of drug-likeness (QED) is 0.514. The summed E-state index contributed by atoms with van der Waals surface area (Å²) in [6, 6.07) is 11.7. The van der Waals surface area contributed by atoms with E-state index < -0.39 is 29.7 Å². The van der Waals surface area contributed by atoms with E-state index in [1.165, 1.54) is 19.1 Å². The first kappa shape index (κ1) is 22.5. The smallest absolute Gasteiger partial charge is 0.416 e. The third-order valence-electron chi connectivity index (χ3n) is 4.50. The maximum absolute atomic E-state index is 12.7. The molecule has 2 aromatic carbocycles. The Kier molecular flexibility index (Phi) is 6.45. The van der Waals surface area contributed by atoms with Crippen molar-refractivity contribution < 1.29 is 27.5 Å². The molecule has 162 valence electrons. The summed E-state index contributed by atoms with van der Waals surface area (Å²) in [5, 5.41) is 3.09. The molecule has 5 nitrogen and oxygen atoms in total. The average Bonchev–Trinajstić information content (AvgIpc) is 3.11. The molecule has 0 fully saturated rings. The number of halogens is 3. The van der Waals surface area contributed by atoms with E-state index in [2.05, 4.69) is 10.3 Å². The summed E-state index contributed by atoms with van der Waals surface area (Å²) in [5.74, 6) is -1.20. The van der Waals surface area contributed by atoms with Crippen LogP contribution in [-0.2, 0) is 15.7 Å². The molecule has 9 heteroatoms. The maximum atomic E-state index is 12.7. The molecule has 3 rings (SSSR count). The van der Waals surface area contributed by atoms with Crippen molar-refractivity contribution in [2.24, 2.45) is 0 Å². The molecule has 1 aromatic heterocycles. The zero-order valence-corrected chi connectivity index (χ0v) is 17.7. The van der Waals surface area contributed by atoms with E-state index in [-0.39, 0.29) is 4.88 Å². The Morgan fingerprint density at radius 2 is 1.71 bits per heavy atom. The summed E-state index contributed by atoms with van der Waals surface area (Å²) in [6.45, 7) is 4.90. The van der Waals surface area contributed by atoms with Crippen LogP contribution in [0.5, 0.6) is 0 Å². The Balaban J connectivity index is 1.70. The number of ether oxygens (including phenoxy) is 1. The molecule has 0 saturated heterocycles. The van der Waals surface area contributed by atoms with E-state index in [0.29, 0.717) is 22.0 Å². The second-order valence-electron chi connectivity index (χ2n) is 6.86. The van der Waals surface area contributed by atoms with Crippen molar-refractivity contribution in [1.82, 2.24) is 4.98 Å². The van der Waals surface area contributed by atoms with Crippen LogP contribution in [0.15, 0.2) is 48.5 Å². The third-order valence-corrected chi connectivity index (χ3v) is 5.68. The highest BCUT2D eigenvalue weighted by Gasteiger charge is 2.30. The van der Waals surface area contributed by atoms with Gasteiger partial charge in [0.1, 0.15) is 9.88 Å². The molecule has 0 aliphatic heterocycles. The fourth-order valence-corrected chi connectivity index (χ4v) is 3.68. The minimum atomic E-state index is -4.43. The van der Waals surface area contributed by atoms with Crippen molar-refractivity contribution >= 4 is 28.9 Å². The van der Waals surface area contributed by atoms with E-state index in [0.717, 1.165) is 29.0 Å². The summed E-state index contributed by atoms with van der Waals surface area (Å²) >= 11 is 0.996. The number of anilines is 1. The fraction of sp³-hybridized carbons (Fsp3) is 0.227. The first-order valence-electron chi connectivity index (χ1n) is 9.29. The van der Waals surface area contributed by atoms with Crippen LogP contribution in [-0.4, -0.2) is 23.0 Å². The Labute approximate surface area is 180 Å².